The van der Waals surface area contributed by atoms with Crippen molar-refractivity contribution < 1.29 is 14.4 Å². The van der Waals surface area contributed by atoms with Crippen molar-refractivity contribution >= 4 is 29.2 Å². The van der Waals surface area contributed by atoms with Crippen molar-refractivity contribution in [2.75, 3.05) is 5.48 Å². The number of carbonyl (C=O) groups excluding carboxylic acids is 2. The fourth-order valence-electron chi connectivity index (χ4n) is 0.674. The first-order valence-corrected chi connectivity index (χ1v) is 3.99. The van der Waals surface area contributed by atoms with Gasteiger partial charge in [0.05, 0.1) is 5.69 Å². The van der Waals surface area contributed by atoms with Gasteiger partial charge in [-0.1, -0.05) is 11.6 Å². The number of rotatable bonds is 2. The number of amides is 1. The molecule has 0 saturated heterocycles. The summed E-state index contributed by atoms with van der Waals surface area (Å²) >= 11 is 5.62. The summed E-state index contributed by atoms with van der Waals surface area (Å²) in [4.78, 5) is 25.2. The Bertz CT molecular complexity index is 350. The Morgan fingerprint density at radius 2 is 1.86 bits per heavy atom. The van der Waals surface area contributed by atoms with Crippen LogP contribution in [0.25, 0.3) is 0 Å². The van der Waals surface area contributed by atoms with Crippen molar-refractivity contribution in [1.29, 1.82) is 0 Å². The van der Waals surface area contributed by atoms with E-state index in [2.05, 4.69) is 16.1 Å². The van der Waals surface area contributed by atoms with Crippen LogP contribution >= 0.6 is 11.6 Å². The third kappa shape index (κ3) is 2.95. The zero-order valence-electron chi connectivity index (χ0n) is 6.99. The number of nitrogens with one attached hydrogen (secondary N) is 1. The van der Waals surface area contributed by atoms with Crippen LogP contribution in [0.1, 0.15) is 0 Å². The maximum atomic E-state index is 10.6. The normalized spacial score (nSPS) is 9.21. The number of halogens is 1. The number of nitrogens with two attached hydrogens (primary N) is 1. The largest absolute Gasteiger partial charge is 0.420 e. The second-order valence-electron chi connectivity index (χ2n) is 2.36. The molecule has 1 aromatic rings. The molecule has 0 aliphatic rings. The van der Waals surface area contributed by atoms with Gasteiger partial charge in [0.15, 0.2) is 0 Å². The third-order valence-electron chi connectivity index (χ3n) is 1.31. The van der Waals surface area contributed by atoms with Gasteiger partial charge < -0.3 is 10.6 Å². The number of primary amides is 1. The van der Waals surface area contributed by atoms with Gasteiger partial charge in [0.25, 0.3) is 0 Å². The fourth-order valence-corrected chi connectivity index (χ4v) is 0.799. The van der Waals surface area contributed by atoms with Gasteiger partial charge in [0.2, 0.25) is 0 Å². The van der Waals surface area contributed by atoms with Crippen LogP contribution in [-0.4, -0.2) is 11.9 Å². The van der Waals surface area contributed by atoms with Crippen LogP contribution in [0.3, 0.4) is 0 Å². The Balaban J connectivity index is 2.50. The van der Waals surface area contributed by atoms with Crippen LogP contribution in [0, 0.1) is 0 Å². The predicted octanol–water partition coefficient (Wildman–Crippen LogP) is 0.695. The molecule has 0 saturated carbocycles. The summed E-state index contributed by atoms with van der Waals surface area (Å²) in [5, 5.41) is 0.553. The molecule has 1 amide bonds. The number of anilines is 1. The molecule has 0 heterocycles. The van der Waals surface area contributed by atoms with E-state index in [9.17, 15) is 9.59 Å². The molecule has 0 aliphatic heterocycles. The van der Waals surface area contributed by atoms with E-state index in [-0.39, 0.29) is 0 Å². The van der Waals surface area contributed by atoms with Crippen molar-refractivity contribution in [3.05, 3.63) is 29.3 Å². The Morgan fingerprint density at radius 3 is 2.36 bits per heavy atom. The number of benzene rings is 1. The minimum Gasteiger partial charge on any atom is -0.360 e. The maximum Gasteiger partial charge on any atom is 0.420 e. The number of hydrogen-bond donors (Lipinski definition) is 2. The predicted molar refractivity (Wildman–Crippen MR) is 50.4 cm³/mol. The van der Waals surface area contributed by atoms with Crippen LogP contribution in [0.5, 0.6) is 0 Å². The summed E-state index contributed by atoms with van der Waals surface area (Å²) in [6.45, 7) is 0. The van der Waals surface area contributed by atoms with Crippen LogP contribution in [0.15, 0.2) is 24.3 Å². The van der Waals surface area contributed by atoms with Gasteiger partial charge in [-0.25, -0.2) is 10.3 Å². The van der Waals surface area contributed by atoms with Crippen molar-refractivity contribution in [2.45, 2.75) is 0 Å². The van der Waals surface area contributed by atoms with Gasteiger partial charge >= 0.3 is 11.9 Å². The van der Waals surface area contributed by atoms with Gasteiger partial charge in [0, 0.05) is 5.02 Å². The van der Waals surface area contributed by atoms with E-state index in [1.807, 2.05) is 0 Å². The summed E-state index contributed by atoms with van der Waals surface area (Å²) in [5.74, 6) is -2.31. The van der Waals surface area contributed by atoms with Crippen LogP contribution in [-0.2, 0) is 14.4 Å². The van der Waals surface area contributed by atoms with Gasteiger partial charge in [-0.2, -0.15) is 0 Å². The Morgan fingerprint density at radius 1 is 1.29 bits per heavy atom. The highest BCUT2D eigenvalue weighted by molar-refractivity contribution is 6.32. The summed E-state index contributed by atoms with van der Waals surface area (Å²) in [5.41, 5.74) is 7.38. The van der Waals surface area contributed by atoms with E-state index >= 15 is 0 Å². The highest BCUT2D eigenvalue weighted by Crippen LogP contribution is 2.12. The molecule has 0 spiro atoms. The molecule has 0 bridgehead atoms. The lowest BCUT2D eigenvalue weighted by molar-refractivity contribution is -0.151. The van der Waals surface area contributed by atoms with Crippen LogP contribution in [0.2, 0.25) is 5.02 Å². The van der Waals surface area contributed by atoms with E-state index in [0.29, 0.717) is 10.7 Å². The molecule has 1 rings (SSSR count). The monoisotopic (exact) mass is 214 g/mol. The highest BCUT2D eigenvalue weighted by Gasteiger charge is 2.09. The standard InChI is InChI=1S/C8H7ClN2O3/c9-5-1-3-6(4-2-5)11-14-8(13)7(10)12/h1-4,11H,(H2,10,12). The average molecular weight is 215 g/mol. The lowest BCUT2D eigenvalue weighted by Crippen LogP contribution is -2.27. The molecule has 0 aromatic heterocycles. The second-order valence-corrected chi connectivity index (χ2v) is 2.80. The van der Waals surface area contributed by atoms with E-state index in [0.717, 1.165) is 0 Å². The highest BCUT2D eigenvalue weighted by atomic mass is 35.5. The molecular formula is C8H7ClN2O3. The van der Waals surface area contributed by atoms with Gasteiger partial charge in [-0.3, -0.25) is 4.79 Å². The molecule has 0 aliphatic carbocycles. The summed E-state index contributed by atoms with van der Waals surface area (Å²) < 4.78 is 0. The Hall–Kier alpha value is -1.75. The van der Waals surface area contributed by atoms with Crippen molar-refractivity contribution in [3.63, 3.8) is 0 Å². The van der Waals surface area contributed by atoms with Gasteiger partial charge in [-0.05, 0) is 24.3 Å². The lowest BCUT2D eigenvalue weighted by atomic mass is 10.3. The summed E-state index contributed by atoms with van der Waals surface area (Å²) in [6.07, 6.45) is 0. The van der Waals surface area contributed by atoms with E-state index < -0.39 is 11.9 Å². The summed E-state index contributed by atoms with van der Waals surface area (Å²) in [6, 6.07) is 6.36. The van der Waals surface area contributed by atoms with E-state index in [1.54, 1.807) is 24.3 Å². The molecule has 0 atom stereocenters. The smallest absolute Gasteiger partial charge is 0.360 e. The van der Waals surface area contributed by atoms with Crippen LogP contribution in [0.4, 0.5) is 5.69 Å². The molecule has 3 N–H and O–H groups in total. The van der Waals surface area contributed by atoms with Crippen molar-refractivity contribution in [3.8, 4) is 0 Å². The minimum absolute atomic E-state index is 0.490. The zero-order chi connectivity index (χ0) is 10.6. The number of carbonyl (C=O) groups is 2. The molecule has 0 unspecified atom stereocenters. The SMILES string of the molecule is NC(=O)C(=O)ONc1ccc(Cl)cc1. The first-order chi connectivity index (χ1) is 6.59. The lowest BCUT2D eigenvalue weighted by Gasteiger charge is -2.04. The number of hydrogen-bond acceptors (Lipinski definition) is 4. The van der Waals surface area contributed by atoms with Gasteiger partial charge in [-0.15, -0.1) is 0 Å². The fraction of sp³-hybridized carbons (Fsp3) is 0. The third-order valence-corrected chi connectivity index (χ3v) is 1.56. The Kier molecular flexibility index (Phi) is 3.30. The molecule has 6 heteroatoms. The molecule has 14 heavy (non-hydrogen) atoms. The molecule has 1 aromatic carbocycles. The maximum absolute atomic E-state index is 10.6. The summed E-state index contributed by atoms with van der Waals surface area (Å²) in [7, 11) is 0. The van der Waals surface area contributed by atoms with E-state index in [4.69, 9.17) is 11.6 Å². The quantitative estimate of drug-likeness (QED) is 0.561. The molecular weight excluding hydrogens is 208 g/mol. The topological polar surface area (TPSA) is 81.4 Å². The van der Waals surface area contributed by atoms with Crippen molar-refractivity contribution in [2.24, 2.45) is 5.73 Å². The Labute approximate surface area is 84.7 Å². The van der Waals surface area contributed by atoms with Crippen LogP contribution < -0.4 is 11.2 Å². The molecule has 0 fully saturated rings. The molecule has 0 radical (unpaired) electrons. The van der Waals surface area contributed by atoms with E-state index in [1.165, 1.54) is 0 Å². The van der Waals surface area contributed by atoms with Crippen molar-refractivity contribution in [1.82, 2.24) is 0 Å². The first kappa shape index (κ1) is 10.3. The minimum atomic E-state index is -1.16. The molecule has 5 nitrogen and oxygen atoms in total. The zero-order valence-corrected chi connectivity index (χ0v) is 7.75. The second kappa shape index (κ2) is 4.48. The van der Waals surface area contributed by atoms with Gasteiger partial charge in [0.1, 0.15) is 0 Å². The average Bonchev–Trinajstić information content (AvgIpc) is 2.16. The first-order valence-electron chi connectivity index (χ1n) is 3.62. The molecule has 74 valence electrons.